The highest BCUT2D eigenvalue weighted by molar-refractivity contribution is 5.49. The average Bonchev–Trinajstić information content (AvgIpc) is 2.29. The SMILES string of the molecule is CCNc1ncc(C)c(N(C)C(C)C(C)(C)C)n1. The van der Waals surface area contributed by atoms with Crippen LogP contribution in [0.3, 0.4) is 0 Å². The minimum Gasteiger partial charge on any atom is -0.356 e. The minimum absolute atomic E-state index is 0.213. The van der Waals surface area contributed by atoms with Gasteiger partial charge in [-0.05, 0) is 26.2 Å². The zero-order chi connectivity index (χ0) is 13.9. The summed E-state index contributed by atoms with van der Waals surface area (Å²) in [6.07, 6.45) is 1.88. The average molecular weight is 250 g/mol. The Morgan fingerprint density at radius 1 is 1.39 bits per heavy atom. The van der Waals surface area contributed by atoms with Crippen LogP contribution in [0.1, 0.15) is 40.2 Å². The van der Waals surface area contributed by atoms with Crippen LogP contribution >= 0.6 is 0 Å². The molecule has 4 heteroatoms. The topological polar surface area (TPSA) is 41.1 Å². The second kappa shape index (κ2) is 5.55. The van der Waals surface area contributed by atoms with Gasteiger partial charge in [-0.1, -0.05) is 20.8 Å². The predicted octanol–water partition coefficient (Wildman–Crippen LogP) is 3.09. The molecular formula is C14H26N4. The molecule has 1 aromatic rings. The Kier molecular flexibility index (Phi) is 4.54. The van der Waals surface area contributed by atoms with Crippen molar-refractivity contribution in [3.63, 3.8) is 0 Å². The first-order chi connectivity index (χ1) is 8.27. The number of nitrogens with zero attached hydrogens (tertiary/aromatic N) is 3. The third-order valence-electron chi connectivity index (χ3n) is 3.45. The summed E-state index contributed by atoms with van der Waals surface area (Å²) < 4.78 is 0. The van der Waals surface area contributed by atoms with E-state index < -0.39 is 0 Å². The number of nitrogens with one attached hydrogen (secondary N) is 1. The van der Waals surface area contributed by atoms with E-state index in [9.17, 15) is 0 Å². The molecule has 18 heavy (non-hydrogen) atoms. The fraction of sp³-hybridized carbons (Fsp3) is 0.714. The first kappa shape index (κ1) is 14.7. The minimum atomic E-state index is 0.213. The highest BCUT2D eigenvalue weighted by atomic mass is 15.2. The molecular weight excluding hydrogens is 224 g/mol. The molecule has 0 aromatic carbocycles. The second-order valence-corrected chi connectivity index (χ2v) is 5.88. The van der Waals surface area contributed by atoms with E-state index in [1.807, 2.05) is 13.1 Å². The summed E-state index contributed by atoms with van der Waals surface area (Å²) in [4.78, 5) is 11.1. The molecule has 1 unspecified atom stereocenters. The van der Waals surface area contributed by atoms with Crippen LogP contribution in [-0.2, 0) is 0 Å². The number of hydrogen-bond acceptors (Lipinski definition) is 4. The predicted molar refractivity (Wildman–Crippen MR) is 78.3 cm³/mol. The molecule has 0 bridgehead atoms. The Bertz CT molecular complexity index is 395. The molecule has 4 nitrogen and oxygen atoms in total. The lowest BCUT2D eigenvalue weighted by atomic mass is 9.87. The van der Waals surface area contributed by atoms with Gasteiger partial charge in [-0.2, -0.15) is 4.98 Å². The van der Waals surface area contributed by atoms with E-state index in [0.717, 1.165) is 17.9 Å². The van der Waals surface area contributed by atoms with E-state index in [2.05, 4.69) is 61.9 Å². The maximum Gasteiger partial charge on any atom is 0.224 e. The molecule has 1 atom stereocenters. The number of aryl methyl sites for hydroxylation is 1. The highest BCUT2D eigenvalue weighted by Gasteiger charge is 2.25. The van der Waals surface area contributed by atoms with E-state index in [4.69, 9.17) is 0 Å². The zero-order valence-electron chi connectivity index (χ0n) is 12.7. The van der Waals surface area contributed by atoms with E-state index in [1.165, 1.54) is 0 Å². The van der Waals surface area contributed by atoms with Gasteiger partial charge in [0, 0.05) is 31.4 Å². The standard InChI is InChI=1S/C14H26N4/c1-8-15-13-16-9-10(2)12(17-13)18(7)11(3)14(4,5)6/h9,11H,8H2,1-7H3,(H,15,16,17). The van der Waals surface area contributed by atoms with Gasteiger partial charge in [0.1, 0.15) is 5.82 Å². The normalized spacial score (nSPS) is 13.3. The molecule has 0 aliphatic carbocycles. The summed E-state index contributed by atoms with van der Waals surface area (Å²) in [6, 6.07) is 0.403. The maximum absolute atomic E-state index is 4.60. The molecule has 0 amide bonds. The van der Waals surface area contributed by atoms with Crippen LogP contribution in [0.15, 0.2) is 6.20 Å². The Hall–Kier alpha value is -1.32. The van der Waals surface area contributed by atoms with Gasteiger partial charge in [-0.15, -0.1) is 0 Å². The first-order valence-electron chi connectivity index (χ1n) is 6.57. The summed E-state index contributed by atoms with van der Waals surface area (Å²) in [5, 5.41) is 3.16. The fourth-order valence-electron chi connectivity index (χ4n) is 1.80. The van der Waals surface area contributed by atoms with Gasteiger partial charge in [-0.3, -0.25) is 0 Å². The molecule has 0 spiro atoms. The van der Waals surface area contributed by atoms with Crippen molar-refractivity contribution in [1.29, 1.82) is 0 Å². The van der Waals surface area contributed by atoms with Crippen LogP contribution in [0, 0.1) is 12.3 Å². The Morgan fingerprint density at radius 3 is 2.50 bits per heavy atom. The molecule has 1 rings (SSSR count). The number of anilines is 2. The van der Waals surface area contributed by atoms with Crippen molar-refractivity contribution in [2.45, 2.75) is 47.6 Å². The van der Waals surface area contributed by atoms with Crippen molar-refractivity contribution in [3.8, 4) is 0 Å². The van der Waals surface area contributed by atoms with Gasteiger partial charge in [0.15, 0.2) is 0 Å². The van der Waals surface area contributed by atoms with Gasteiger partial charge in [0.25, 0.3) is 0 Å². The largest absolute Gasteiger partial charge is 0.356 e. The monoisotopic (exact) mass is 250 g/mol. The lowest BCUT2D eigenvalue weighted by Gasteiger charge is -2.36. The summed E-state index contributed by atoms with van der Waals surface area (Å²) >= 11 is 0. The van der Waals surface area contributed by atoms with Crippen molar-refractivity contribution < 1.29 is 0 Å². The van der Waals surface area contributed by atoms with Gasteiger partial charge in [0.2, 0.25) is 5.95 Å². The van der Waals surface area contributed by atoms with Crippen molar-refractivity contribution in [1.82, 2.24) is 9.97 Å². The van der Waals surface area contributed by atoms with Crippen molar-refractivity contribution >= 4 is 11.8 Å². The molecule has 1 N–H and O–H groups in total. The Labute approximate surface area is 111 Å². The fourth-order valence-corrected chi connectivity index (χ4v) is 1.80. The molecule has 1 heterocycles. The summed E-state index contributed by atoms with van der Waals surface area (Å²) in [6.45, 7) is 13.9. The zero-order valence-corrected chi connectivity index (χ0v) is 12.7. The quantitative estimate of drug-likeness (QED) is 0.891. The molecule has 0 fully saturated rings. The summed E-state index contributed by atoms with van der Waals surface area (Å²) in [7, 11) is 2.10. The van der Waals surface area contributed by atoms with Crippen molar-refractivity contribution in [2.24, 2.45) is 5.41 Å². The molecule has 0 saturated heterocycles. The van der Waals surface area contributed by atoms with E-state index in [1.54, 1.807) is 0 Å². The summed E-state index contributed by atoms with van der Waals surface area (Å²) in [5.41, 5.74) is 1.32. The van der Waals surface area contributed by atoms with Crippen LogP contribution in [0.5, 0.6) is 0 Å². The van der Waals surface area contributed by atoms with Crippen molar-refractivity contribution in [3.05, 3.63) is 11.8 Å². The van der Waals surface area contributed by atoms with Gasteiger partial charge >= 0.3 is 0 Å². The lowest BCUT2D eigenvalue weighted by molar-refractivity contribution is 0.328. The number of rotatable bonds is 4. The van der Waals surface area contributed by atoms with Crippen LogP contribution in [0.25, 0.3) is 0 Å². The third-order valence-corrected chi connectivity index (χ3v) is 3.45. The maximum atomic E-state index is 4.60. The molecule has 102 valence electrons. The van der Waals surface area contributed by atoms with E-state index >= 15 is 0 Å². The lowest BCUT2D eigenvalue weighted by Crippen LogP contribution is -2.40. The molecule has 0 radical (unpaired) electrons. The Balaban J connectivity index is 3.04. The Morgan fingerprint density at radius 2 is 2.00 bits per heavy atom. The van der Waals surface area contributed by atoms with Gasteiger partial charge in [0.05, 0.1) is 0 Å². The highest BCUT2D eigenvalue weighted by Crippen LogP contribution is 2.28. The van der Waals surface area contributed by atoms with Crippen molar-refractivity contribution in [2.75, 3.05) is 23.8 Å². The first-order valence-corrected chi connectivity index (χ1v) is 6.57. The second-order valence-electron chi connectivity index (χ2n) is 5.88. The summed E-state index contributed by atoms with van der Waals surface area (Å²) in [5.74, 6) is 1.70. The van der Waals surface area contributed by atoms with E-state index in [-0.39, 0.29) is 5.41 Å². The van der Waals surface area contributed by atoms with Gasteiger partial charge < -0.3 is 10.2 Å². The van der Waals surface area contributed by atoms with Gasteiger partial charge in [-0.25, -0.2) is 4.98 Å². The molecule has 1 aromatic heterocycles. The number of hydrogen-bond donors (Lipinski definition) is 1. The molecule has 0 aliphatic rings. The molecule has 0 saturated carbocycles. The van der Waals surface area contributed by atoms with Crippen LogP contribution in [0.2, 0.25) is 0 Å². The third kappa shape index (κ3) is 3.34. The van der Waals surface area contributed by atoms with Crippen LogP contribution < -0.4 is 10.2 Å². The van der Waals surface area contributed by atoms with Crippen LogP contribution in [0.4, 0.5) is 11.8 Å². The molecule has 0 aliphatic heterocycles. The van der Waals surface area contributed by atoms with Crippen LogP contribution in [-0.4, -0.2) is 29.6 Å². The smallest absolute Gasteiger partial charge is 0.224 e. The number of aromatic nitrogens is 2. The van der Waals surface area contributed by atoms with E-state index in [0.29, 0.717) is 12.0 Å².